The lowest BCUT2D eigenvalue weighted by atomic mass is 10.1. The first-order chi connectivity index (χ1) is 18.0. The molecule has 0 bridgehead atoms. The summed E-state index contributed by atoms with van der Waals surface area (Å²) in [6.07, 6.45) is 4.78. The summed E-state index contributed by atoms with van der Waals surface area (Å²) in [5.41, 5.74) is 2.81. The molecule has 0 radical (unpaired) electrons. The number of ether oxygens (including phenoxy) is 1. The molecule has 6 rings (SSSR count). The normalized spacial score (nSPS) is 12.8. The number of hydrogen-bond donors (Lipinski definition) is 1. The predicted molar refractivity (Wildman–Crippen MR) is 139 cm³/mol. The fourth-order valence-electron chi connectivity index (χ4n) is 4.16. The average molecular weight is 489 g/mol. The van der Waals surface area contributed by atoms with Gasteiger partial charge < -0.3 is 14.5 Å². The van der Waals surface area contributed by atoms with Crippen LogP contribution in [0.1, 0.15) is 15.9 Å². The van der Waals surface area contributed by atoms with E-state index in [1.807, 2.05) is 42.5 Å². The Morgan fingerprint density at radius 1 is 0.973 bits per heavy atom. The zero-order chi connectivity index (χ0) is 25.4. The molecule has 0 aliphatic carbocycles. The molecule has 37 heavy (non-hydrogen) atoms. The van der Waals surface area contributed by atoms with Crippen molar-refractivity contribution in [3.8, 4) is 22.7 Å². The molecule has 1 aliphatic heterocycles. The molecular weight excluding hydrogens is 470 g/mol. The largest absolute Gasteiger partial charge is 0.482 e. The second-order valence-corrected chi connectivity index (χ2v) is 8.44. The second-order valence-electron chi connectivity index (χ2n) is 8.44. The quantitative estimate of drug-likeness (QED) is 0.215. The summed E-state index contributed by atoms with van der Waals surface area (Å²) in [6.45, 7) is -0.0584. The second kappa shape index (κ2) is 9.09. The molecular formula is C29H19N3O5. The summed E-state index contributed by atoms with van der Waals surface area (Å²) in [6, 6.07) is 23.3. The number of hydrogen-bond acceptors (Lipinski definition) is 6. The van der Waals surface area contributed by atoms with Gasteiger partial charge in [0.1, 0.15) is 17.0 Å². The molecule has 1 N–H and O–H groups in total. The summed E-state index contributed by atoms with van der Waals surface area (Å²) in [7, 11) is 0. The molecule has 0 saturated heterocycles. The van der Waals surface area contributed by atoms with Gasteiger partial charge in [0.15, 0.2) is 12.4 Å². The Bertz CT molecular complexity index is 1770. The van der Waals surface area contributed by atoms with E-state index in [2.05, 4.69) is 10.4 Å². The molecule has 8 nitrogen and oxygen atoms in total. The Balaban J connectivity index is 1.41. The SMILES string of the molecule is O=C1COc2ccc(C(=O)C=Cc3cn(-c4ccccc4)nc3-c3cc4ccccc4oc3=O)cc2N1. The Morgan fingerprint density at radius 2 is 1.78 bits per heavy atom. The van der Waals surface area contributed by atoms with Crippen LogP contribution in [0, 0.1) is 0 Å². The van der Waals surface area contributed by atoms with E-state index in [0.29, 0.717) is 33.8 Å². The van der Waals surface area contributed by atoms with Gasteiger partial charge in [-0.05, 0) is 54.6 Å². The molecule has 1 amide bonds. The van der Waals surface area contributed by atoms with Gasteiger partial charge in [0.05, 0.1) is 16.9 Å². The van der Waals surface area contributed by atoms with Crippen molar-refractivity contribution in [2.45, 2.75) is 0 Å². The smallest absolute Gasteiger partial charge is 0.345 e. The Kier molecular flexibility index (Phi) is 5.46. The van der Waals surface area contributed by atoms with E-state index in [0.717, 1.165) is 11.1 Å². The number of nitrogens with zero attached hydrogens (tertiary/aromatic N) is 2. The number of amides is 1. The van der Waals surface area contributed by atoms with Crippen LogP contribution in [-0.4, -0.2) is 28.1 Å². The lowest BCUT2D eigenvalue weighted by Gasteiger charge is -2.17. The van der Waals surface area contributed by atoms with Gasteiger partial charge in [-0.15, -0.1) is 0 Å². The lowest BCUT2D eigenvalue weighted by Crippen LogP contribution is -2.25. The summed E-state index contributed by atoms with van der Waals surface area (Å²) < 4.78 is 12.5. The van der Waals surface area contributed by atoms with Gasteiger partial charge in [-0.1, -0.05) is 36.4 Å². The van der Waals surface area contributed by atoms with Crippen LogP contribution in [0.3, 0.4) is 0 Å². The van der Waals surface area contributed by atoms with E-state index in [9.17, 15) is 14.4 Å². The third-order valence-electron chi connectivity index (χ3n) is 5.97. The molecule has 2 aromatic heterocycles. The highest BCUT2D eigenvalue weighted by Gasteiger charge is 2.19. The summed E-state index contributed by atoms with van der Waals surface area (Å²) in [5.74, 6) is -0.0546. The predicted octanol–water partition coefficient (Wildman–Crippen LogP) is 4.87. The number of para-hydroxylation sites is 2. The number of ketones is 1. The van der Waals surface area contributed by atoms with Crippen LogP contribution >= 0.6 is 0 Å². The third-order valence-corrected chi connectivity index (χ3v) is 5.97. The van der Waals surface area contributed by atoms with Crippen LogP contribution in [0.25, 0.3) is 34.0 Å². The van der Waals surface area contributed by atoms with Crippen LogP contribution < -0.4 is 15.7 Å². The first kappa shape index (κ1) is 22.2. The molecule has 8 heteroatoms. The molecule has 5 aromatic rings. The van der Waals surface area contributed by atoms with Crippen molar-refractivity contribution in [3.63, 3.8) is 0 Å². The van der Waals surface area contributed by atoms with E-state index in [4.69, 9.17) is 9.15 Å². The highest BCUT2D eigenvalue weighted by Crippen LogP contribution is 2.29. The van der Waals surface area contributed by atoms with Crippen molar-refractivity contribution in [1.29, 1.82) is 0 Å². The van der Waals surface area contributed by atoms with Gasteiger partial charge in [-0.3, -0.25) is 9.59 Å². The molecule has 0 saturated carbocycles. The van der Waals surface area contributed by atoms with Crippen LogP contribution in [0.5, 0.6) is 5.75 Å². The van der Waals surface area contributed by atoms with Crippen LogP contribution in [-0.2, 0) is 4.79 Å². The zero-order valence-electron chi connectivity index (χ0n) is 19.4. The highest BCUT2D eigenvalue weighted by molar-refractivity contribution is 6.08. The van der Waals surface area contributed by atoms with Crippen molar-refractivity contribution < 1.29 is 18.7 Å². The summed E-state index contributed by atoms with van der Waals surface area (Å²) >= 11 is 0. The zero-order valence-corrected chi connectivity index (χ0v) is 19.4. The number of aromatic nitrogens is 2. The van der Waals surface area contributed by atoms with Crippen LogP contribution in [0.2, 0.25) is 0 Å². The molecule has 0 fully saturated rings. The van der Waals surface area contributed by atoms with Gasteiger partial charge in [0, 0.05) is 22.7 Å². The van der Waals surface area contributed by atoms with Gasteiger partial charge in [0.2, 0.25) is 0 Å². The number of rotatable bonds is 5. The van der Waals surface area contributed by atoms with Crippen LogP contribution in [0.15, 0.2) is 100 Å². The van der Waals surface area contributed by atoms with Gasteiger partial charge in [0.25, 0.3) is 5.91 Å². The number of nitrogens with one attached hydrogen (secondary N) is 1. The molecule has 0 atom stereocenters. The van der Waals surface area contributed by atoms with E-state index in [1.54, 1.807) is 53.4 Å². The first-order valence-corrected chi connectivity index (χ1v) is 11.5. The molecule has 0 unspecified atom stereocenters. The third kappa shape index (κ3) is 4.32. The van der Waals surface area contributed by atoms with E-state index in [-0.39, 0.29) is 23.9 Å². The summed E-state index contributed by atoms with van der Waals surface area (Å²) in [5, 5.41) is 8.13. The molecule has 180 valence electrons. The van der Waals surface area contributed by atoms with Crippen molar-refractivity contribution in [1.82, 2.24) is 9.78 Å². The summed E-state index contributed by atoms with van der Waals surface area (Å²) in [4.78, 5) is 37.5. The van der Waals surface area contributed by atoms with Crippen molar-refractivity contribution in [3.05, 3.63) is 113 Å². The minimum atomic E-state index is -0.525. The number of benzene rings is 3. The molecule has 3 aromatic carbocycles. The Hall–Kier alpha value is -5.24. The minimum absolute atomic E-state index is 0.0584. The first-order valence-electron chi connectivity index (χ1n) is 11.5. The fourth-order valence-corrected chi connectivity index (χ4v) is 4.16. The van der Waals surface area contributed by atoms with Crippen molar-refractivity contribution >= 4 is 34.4 Å². The topological polar surface area (TPSA) is 103 Å². The number of fused-ring (bicyclic) bond motifs is 2. The Morgan fingerprint density at radius 3 is 2.65 bits per heavy atom. The maximum Gasteiger partial charge on any atom is 0.345 e. The maximum absolute atomic E-state index is 13.0. The lowest BCUT2D eigenvalue weighted by molar-refractivity contribution is -0.118. The highest BCUT2D eigenvalue weighted by atomic mass is 16.5. The molecule has 1 aliphatic rings. The number of carbonyl (C=O) groups excluding carboxylic acids is 2. The number of anilines is 1. The number of carbonyl (C=O) groups is 2. The Labute approximate surface area is 210 Å². The van der Waals surface area contributed by atoms with Gasteiger partial charge in [-0.2, -0.15) is 5.10 Å². The van der Waals surface area contributed by atoms with Crippen molar-refractivity contribution in [2.24, 2.45) is 0 Å². The standard InChI is InChI=1S/C29H19N3O5/c33-24(18-11-13-26-23(15-18)30-27(34)17-36-26)12-10-20-16-32(21-7-2-1-3-8-21)31-28(20)22-14-19-6-4-5-9-25(19)37-29(22)35/h1-16H,17H2,(H,30,34). The number of allylic oxidation sites excluding steroid dienone is 1. The molecule has 3 heterocycles. The minimum Gasteiger partial charge on any atom is -0.482 e. The monoisotopic (exact) mass is 489 g/mol. The fraction of sp³-hybridized carbons (Fsp3) is 0.0345. The molecule has 0 spiro atoms. The average Bonchev–Trinajstić information content (AvgIpc) is 3.35. The van der Waals surface area contributed by atoms with Crippen LogP contribution in [0.4, 0.5) is 5.69 Å². The maximum atomic E-state index is 13.0. The van der Waals surface area contributed by atoms with E-state index in [1.165, 1.54) is 6.08 Å². The van der Waals surface area contributed by atoms with Gasteiger partial charge >= 0.3 is 5.63 Å². The van der Waals surface area contributed by atoms with E-state index >= 15 is 0 Å². The van der Waals surface area contributed by atoms with E-state index < -0.39 is 5.63 Å². The van der Waals surface area contributed by atoms with Gasteiger partial charge in [-0.25, -0.2) is 9.48 Å². The van der Waals surface area contributed by atoms with Crippen molar-refractivity contribution in [2.75, 3.05) is 11.9 Å².